The van der Waals surface area contributed by atoms with Gasteiger partial charge >= 0.3 is 0 Å². The third-order valence-electron chi connectivity index (χ3n) is 3.72. The Morgan fingerprint density at radius 3 is 2.95 bits per heavy atom. The number of rotatable bonds is 3. The maximum Gasteiger partial charge on any atom is 0.238 e. The molecule has 1 aliphatic rings. The largest absolute Gasteiger partial charge is 0.324 e. The highest BCUT2D eigenvalue weighted by Gasteiger charge is 2.14. The molecule has 2 aromatic heterocycles. The van der Waals surface area contributed by atoms with Gasteiger partial charge in [-0.15, -0.1) is 0 Å². The van der Waals surface area contributed by atoms with Crippen molar-refractivity contribution in [1.29, 1.82) is 0 Å². The van der Waals surface area contributed by atoms with Crippen LogP contribution in [-0.4, -0.2) is 58.3 Å². The predicted octanol–water partition coefficient (Wildman–Crippen LogP) is 0.120. The van der Waals surface area contributed by atoms with Gasteiger partial charge in [-0.1, -0.05) is 0 Å². The van der Waals surface area contributed by atoms with E-state index >= 15 is 0 Å². The minimum Gasteiger partial charge on any atom is -0.324 e. The Hall–Kier alpha value is -1.99. The van der Waals surface area contributed by atoms with Gasteiger partial charge < -0.3 is 10.6 Å². The quantitative estimate of drug-likeness (QED) is 0.839. The van der Waals surface area contributed by atoms with Crippen LogP contribution in [0.15, 0.2) is 12.3 Å². The molecule has 0 aromatic carbocycles. The lowest BCUT2D eigenvalue weighted by Gasteiger charge is -2.26. The monoisotopic (exact) mass is 288 g/mol. The van der Waals surface area contributed by atoms with Crippen LogP contribution < -0.4 is 10.6 Å². The first-order chi connectivity index (χ1) is 10.1. The van der Waals surface area contributed by atoms with E-state index in [1.165, 1.54) is 0 Å². The number of aryl methyl sites for hydroxylation is 2. The van der Waals surface area contributed by atoms with Crippen molar-refractivity contribution in [2.45, 2.75) is 6.92 Å². The number of amides is 1. The Labute approximate surface area is 123 Å². The van der Waals surface area contributed by atoms with Crippen LogP contribution in [0.5, 0.6) is 0 Å². The van der Waals surface area contributed by atoms with Gasteiger partial charge in [0.1, 0.15) is 0 Å². The summed E-state index contributed by atoms with van der Waals surface area (Å²) in [7, 11) is 1.87. The summed E-state index contributed by atoms with van der Waals surface area (Å²) in [5, 5.41) is 11.5. The highest BCUT2D eigenvalue weighted by Crippen LogP contribution is 2.19. The number of pyridine rings is 1. The first-order valence-electron chi connectivity index (χ1n) is 7.16. The molecule has 0 bridgehead atoms. The van der Waals surface area contributed by atoms with Crippen LogP contribution in [0.1, 0.15) is 5.69 Å². The van der Waals surface area contributed by atoms with Gasteiger partial charge in [0.05, 0.1) is 24.1 Å². The highest BCUT2D eigenvalue weighted by atomic mass is 16.2. The van der Waals surface area contributed by atoms with E-state index in [1.54, 1.807) is 10.9 Å². The average Bonchev–Trinajstić information content (AvgIpc) is 2.74. The molecule has 0 aliphatic carbocycles. The van der Waals surface area contributed by atoms with Gasteiger partial charge in [-0.3, -0.25) is 14.4 Å². The lowest BCUT2D eigenvalue weighted by Crippen LogP contribution is -2.46. The molecule has 2 N–H and O–H groups in total. The zero-order valence-corrected chi connectivity index (χ0v) is 12.4. The molecule has 7 heteroatoms. The number of aromatic nitrogens is 3. The van der Waals surface area contributed by atoms with E-state index in [-0.39, 0.29) is 5.91 Å². The second-order valence-electron chi connectivity index (χ2n) is 5.38. The molecule has 1 amide bonds. The Morgan fingerprint density at radius 2 is 2.19 bits per heavy atom. The van der Waals surface area contributed by atoms with Crippen LogP contribution in [0.2, 0.25) is 0 Å². The van der Waals surface area contributed by atoms with E-state index in [0.29, 0.717) is 6.54 Å². The maximum absolute atomic E-state index is 12.1. The molecule has 21 heavy (non-hydrogen) atoms. The van der Waals surface area contributed by atoms with Gasteiger partial charge in [-0.05, 0) is 13.0 Å². The first-order valence-corrected chi connectivity index (χ1v) is 7.16. The lowest BCUT2D eigenvalue weighted by atomic mass is 10.2. The third kappa shape index (κ3) is 3.03. The molecule has 7 nitrogen and oxygen atoms in total. The summed E-state index contributed by atoms with van der Waals surface area (Å²) >= 11 is 0. The number of piperazine rings is 1. The summed E-state index contributed by atoms with van der Waals surface area (Å²) < 4.78 is 1.75. The van der Waals surface area contributed by atoms with Gasteiger partial charge in [0, 0.05) is 38.6 Å². The Bertz CT molecular complexity index is 659. The van der Waals surface area contributed by atoms with Crippen molar-refractivity contribution < 1.29 is 4.79 Å². The Balaban J connectivity index is 1.69. The third-order valence-corrected chi connectivity index (χ3v) is 3.72. The predicted molar refractivity (Wildman–Crippen MR) is 81.2 cm³/mol. The zero-order chi connectivity index (χ0) is 14.8. The summed E-state index contributed by atoms with van der Waals surface area (Å²) in [6, 6.07) is 1.93. The summed E-state index contributed by atoms with van der Waals surface area (Å²) in [5.41, 5.74) is 2.46. The number of nitrogens with zero attached hydrogens (tertiary/aromatic N) is 4. The SMILES string of the molecule is Cc1nn(C)c2ncc(NC(=O)CN3CCNCC3)cc12. The van der Waals surface area contributed by atoms with Crippen molar-refractivity contribution in [3.63, 3.8) is 0 Å². The molecule has 0 atom stereocenters. The number of fused-ring (bicyclic) bond motifs is 1. The van der Waals surface area contributed by atoms with E-state index in [0.717, 1.165) is 48.6 Å². The van der Waals surface area contributed by atoms with Crippen molar-refractivity contribution in [1.82, 2.24) is 25.0 Å². The summed E-state index contributed by atoms with van der Waals surface area (Å²) in [6.45, 7) is 6.06. The van der Waals surface area contributed by atoms with Gasteiger partial charge in [0.15, 0.2) is 5.65 Å². The standard InChI is InChI=1S/C14H20N6O/c1-10-12-7-11(8-16-14(12)19(2)18-10)17-13(21)9-20-5-3-15-4-6-20/h7-8,15H,3-6,9H2,1-2H3,(H,17,21). The molecule has 1 aliphatic heterocycles. The summed E-state index contributed by atoms with van der Waals surface area (Å²) in [4.78, 5) is 18.6. The van der Waals surface area contributed by atoms with Crippen LogP contribution in [-0.2, 0) is 11.8 Å². The Kier molecular flexibility index (Phi) is 3.85. The fourth-order valence-corrected chi connectivity index (χ4v) is 2.65. The van der Waals surface area contributed by atoms with Crippen molar-refractivity contribution in [3.05, 3.63) is 18.0 Å². The second kappa shape index (κ2) is 5.79. The second-order valence-corrected chi connectivity index (χ2v) is 5.38. The van der Waals surface area contributed by atoms with Crippen molar-refractivity contribution >= 4 is 22.6 Å². The average molecular weight is 288 g/mol. The van der Waals surface area contributed by atoms with E-state index in [1.807, 2.05) is 20.0 Å². The van der Waals surface area contributed by atoms with Crippen molar-refractivity contribution in [3.8, 4) is 0 Å². The molecule has 112 valence electrons. The molecular formula is C14H20N6O. The van der Waals surface area contributed by atoms with Crippen LogP contribution in [0.3, 0.4) is 0 Å². The number of hydrogen-bond acceptors (Lipinski definition) is 5. The van der Waals surface area contributed by atoms with E-state index < -0.39 is 0 Å². The number of carbonyl (C=O) groups excluding carboxylic acids is 1. The molecule has 0 unspecified atom stereocenters. The normalized spacial score (nSPS) is 16.3. The van der Waals surface area contributed by atoms with E-state index in [4.69, 9.17) is 0 Å². The molecule has 1 fully saturated rings. The number of hydrogen-bond donors (Lipinski definition) is 2. The zero-order valence-electron chi connectivity index (χ0n) is 12.4. The number of nitrogens with one attached hydrogen (secondary N) is 2. The maximum atomic E-state index is 12.1. The van der Waals surface area contributed by atoms with Gasteiger partial charge in [-0.2, -0.15) is 5.10 Å². The molecule has 0 saturated carbocycles. The summed E-state index contributed by atoms with van der Waals surface area (Å²) in [6.07, 6.45) is 1.68. The van der Waals surface area contributed by atoms with Gasteiger partial charge in [0.2, 0.25) is 5.91 Å². The lowest BCUT2D eigenvalue weighted by molar-refractivity contribution is -0.117. The minimum absolute atomic E-state index is 0.000377. The fraction of sp³-hybridized carbons (Fsp3) is 0.500. The van der Waals surface area contributed by atoms with Crippen LogP contribution >= 0.6 is 0 Å². The first kappa shape index (κ1) is 14.0. The molecule has 1 saturated heterocycles. The van der Waals surface area contributed by atoms with Gasteiger partial charge in [0.25, 0.3) is 0 Å². The number of anilines is 1. The van der Waals surface area contributed by atoms with E-state index in [9.17, 15) is 4.79 Å². The fourth-order valence-electron chi connectivity index (χ4n) is 2.65. The summed E-state index contributed by atoms with van der Waals surface area (Å²) in [5.74, 6) is -0.000377. The van der Waals surface area contributed by atoms with Crippen molar-refractivity contribution in [2.24, 2.45) is 7.05 Å². The highest BCUT2D eigenvalue weighted by molar-refractivity contribution is 5.94. The molecule has 0 spiro atoms. The van der Waals surface area contributed by atoms with Gasteiger partial charge in [-0.25, -0.2) is 4.98 Å². The molecule has 3 heterocycles. The Morgan fingerprint density at radius 1 is 1.43 bits per heavy atom. The van der Waals surface area contributed by atoms with Crippen LogP contribution in [0, 0.1) is 6.92 Å². The smallest absolute Gasteiger partial charge is 0.238 e. The minimum atomic E-state index is -0.000377. The topological polar surface area (TPSA) is 75.1 Å². The van der Waals surface area contributed by atoms with Crippen LogP contribution in [0.4, 0.5) is 5.69 Å². The molecular weight excluding hydrogens is 268 g/mol. The van der Waals surface area contributed by atoms with Crippen molar-refractivity contribution in [2.75, 3.05) is 38.0 Å². The molecule has 2 aromatic rings. The number of carbonyl (C=O) groups is 1. The van der Waals surface area contributed by atoms with E-state index in [2.05, 4.69) is 25.6 Å². The molecule has 3 rings (SSSR count). The van der Waals surface area contributed by atoms with Crippen LogP contribution in [0.25, 0.3) is 11.0 Å². The molecule has 0 radical (unpaired) electrons.